The van der Waals surface area contributed by atoms with Crippen molar-refractivity contribution in [1.29, 1.82) is 0 Å². The van der Waals surface area contributed by atoms with Gasteiger partial charge in [0.15, 0.2) is 5.75 Å². The highest BCUT2D eigenvalue weighted by Gasteiger charge is 2.50. The molecule has 1 aromatic carbocycles. The van der Waals surface area contributed by atoms with Crippen molar-refractivity contribution in [3.05, 3.63) is 36.5 Å². The zero-order valence-electron chi connectivity index (χ0n) is 38.8. The van der Waals surface area contributed by atoms with Gasteiger partial charge in [0.1, 0.15) is 24.4 Å². The number of carbonyl (C=O) groups excluding carboxylic acids is 4. The van der Waals surface area contributed by atoms with Crippen LogP contribution in [0, 0.1) is 11.8 Å². The summed E-state index contributed by atoms with van der Waals surface area (Å²) in [5, 5.41) is 4.83. The molecule has 3 aliphatic heterocycles. The topological polar surface area (TPSA) is 200 Å². The van der Waals surface area contributed by atoms with Crippen LogP contribution in [0.2, 0.25) is 0 Å². The molecule has 1 aromatic heterocycles. The fourth-order valence-corrected chi connectivity index (χ4v) is 8.33. The minimum absolute atomic E-state index is 0. The van der Waals surface area contributed by atoms with Crippen LogP contribution >= 0.6 is 0 Å². The molecule has 350 valence electrons. The van der Waals surface area contributed by atoms with E-state index in [1.54, 1.807) is 38.8 Å². The van der Waals surface area contributed by atoms with Gasteiger partial charge in [0, 0.05) is 54.6 Å². The molecule has 0 bridgehead atoms. The van der Waals surface area contributed by atoms with E-state index in [9.17, 15) is 27.6 Å². The number of nitrogens with two attached hydrogens (primary N) is 1. The van der Waals surface area contributed by atoms with Gasteiger partial charge in [-0.15, -0.1) is 0 Å². The summed E-state index contributed by atoms with van der Waals surface area (Å²) in [6, 6.07) is 5.47. The first-order valence-corrected chi connectivity index (χ1v) is 23.4. The molecule has 4 N–H and O–H groups in total. The smallest absolute Gasteiger partial charge is 0.405 e. The summed E-state index contributed by atoms with van der Waals surface area (Å²) in [6.07, 6.45) is 11.1. The molecule has 16 heteroatoms. The van der Waals surface area contributed by atoms with E-state index in [-0.39, 0.29) is 22.2 Å². The number of nitrogens with zero attached hydrogens (tertiary/aromatic N) is 3. The van der Waals surface area contributed by atoms with E-state index >= 15 is 0 Å². The Morgan fingerprint density at radius 1 is 1.08 bits per heavy atom. The molecule has 61 heavy (non-hydrogen) atoms. The summed E-state index contributed by atoms with van der Waals surface area (Å²) < 4.78 is 40.7. The van der Waals surface area contributed by atoms with Crippen molar-refractivity contribution in [2.45, 2.75) is 150 Å². The van der Waals surface area contributed by atoms with Gasteiger partial charge in [0.2, 0.25) is 33.6 Å². The van der Waals surface area contributed by atoms with Crippen LogP contribution in [0.1, 0.15) is 132 Å². The zero-order valence-corrected chi connectivity index (χ0v) is 39.6. The lowest BCUT2D eigenvalue weighted by molar-refractivity contribution is -0.139. The molecule has 0 spiro atoms. The van der Waals surface area contributed by atoms with Gasteiger partial charge >= 0.3 is 6.09 Å². The number of rotatable bonds is 5. The minimum Gasteiger partial charge on any atom is -0.489 e. The van der Waals surface area contributed by atoms with Crippen LogP contribution in [-0.2, 0) is 29.1 Å². The van der Waals surface area contributed by atoms with Gasteiger partial charge in [0.25, 0.3) is 0 Å². The molecule has 0 radical (unpaired) electrons. The van der Waals surface area contributed by atoms with E-state index in [0.717, 1.165) is 54.4 Å². The molecule has 4 atom stereocenters. The fraction of sp³-hybridized carbons (Fsp3) is 0.667. The van der Waals surface area contributed by atoms with Gasteiger partial charge in [-0.1, -0.05) is 60.1 Å². The van der Waals surface area contributed by atoms with E-state index in [1.165, 1.54) is 6.92 Å². The number of allylic oxidation sites excluding steroid dienone is 1. The van der Waals surface area contributed by atoms with Crippen LogP contribution in [0.15, 0.2) is 36.5 Å². The van der Waals surface area contributed by atoms with E-state index in [0.29, 0.717) is 63.1 Å². The number of amides is 4. The molecule has 1 saturated carbocycles. The van der Waals surface area contributed by atoms with Crippen LogP contribution in [0.5, 0.6) is 11.6 Å². The maximum atomic E-state index is 13.5. The molecule has 2 fully saturated rings. The number of anilines is 1. The monoisotopic (exact) mass is 881 g/mol. The predicted molar refractivity (Wildman–Crippen MR) is 248 cm³/mol. The maximum absolute atomic E-state index is 13.5. The molecule has 4 aliphatic rings. The van der Waals surface area contributed by atoms with Crippen LogP contribution in [0.25, 0.3) is 10.8 Å². The Hall–Kier alpha value is -4.60. The largest absolute Gasteiger partial charge is 0.489 e. The number of aromatic nitrogens is 1. The van der Waals surface area contributed by atoms with Crippen molar-refractivity contribution in [2.24, 2.45) is 17.6 Å². The van der Waals surface area contributed by atoms with Gasteiger partial charge in [-0.2, -0.15) is 0 Å². The lowest BCUT2D eigenvalue weighted by Crippen LogP contribution is -2.46. The Morgan fingerprint density at radius 3 is 2.33 bits per heavy atom. The van der Waals surface area contributed by atoms with Crippen molar-refractivity contribution in [1.82, 2.24) is 19.9 Å². The Labute approximate surface area is 369 Å². The molecule has 4 amide bonds. The number of hydrogen-bond donors (Lipinski definition) is 3. The molecule has 15 nitrogen and oxygen atoms in total. The summed E-state index contributed by atoms with van der Waals surface area (Å²) in [6.45, 7) is 22.9. The highest BCUT2D eigenvalue weighted by atomic mass is 32.2. The van der Waals surface area contributed by atoms with Crippen LogP contribution in [0.4, 0.5) is 10.5 Å². The number of benzene rings is 1. The first-order chi connectivity index (χ1) is 28.7. The van der Waals surface area contributed by atoms with E-state index < -0.39 is 38.4 Å². The van der Waals surface area contributed by atoms with Gasteiger partial charge < -0.3 is 35.1 Å². The summed E-state index contributed by atoms with van der Waals surface area (Å²) >= 11 is 0. The number of sulfonamides is 1. The van der Waals surface area contributed by atoms with E-state index in [4.69, 9.17) is 15.2 Å². The van der Waals surface area contributed by atoms with E-state index in [1.807, 2.05) is 56.7 Å². The number of likely N-dealkylation sites (N-methyl/N-ethyl adjacent to an activating group) is 1. The van der Waals surface area contributed by atoms with Crippen molar-refractivity contribution in [3.8, 4) is 11.6 Å². The molecular weight excluding hydrogens is 801 g/mol. The van der Waals surface area contributed by atoms with Gasteiger partial charge in [-0.3, -0.25) is 19.1 Å². The van der Waals surface area contributed by atoms with Crippen LogP contribution < -0.4 is 30.1 Å². The van der Waals surface area contributed by atoms with Crippen molar-refractivity contribution in [3.63, 3.8) is 0 Å². The van der Waals surface area contributed by atoms with Gasteiger partial charge in [-0.25, -0.2) is 18.2 Å². The fourth-order valence-electron chi connectivity index (χ4n) is 7.07. The van der Waals surface area contributed by atoms with Crippen LogP contribution in [0.3, 0.4) is 0 Å². The first-order valence-electron chi connectivity index (χ1n) is 21.9. The predicted octanol–water partition coefficient (Wildman–Crippen LogP) is 8.00. The van der Waals surface area contributed by atoms with Gasteiger partial charge in [0.05, 0.1) is 23.5 Å². The third-order valence-electron chi connectivity index (χ3n) is 10.5. The number of hydrogen-bond acceptors (Lipinski definition) is 11. The third kappa shape index (κ3) is 16.0. The number of carbonyl (C=O) groups is 4. The lowest BCUT2D eigenvalue weighted by Gasteiger charge is -2.28. The number of ether oxygens (including phenoxy) is 3. The second-order valence-electron chi connectivity index (χ2n) is 16.7. The molecule has 1 aliphatic carbocycles. The molecule has 6 rings (SSSR count). The number of fused-ring (bicyclic) bond motifs is 4. The number of pyridine rings is 1. The third-order valence-corrected chi connectivity index (χ3v) is 12.8. The number of nitrogens with one attached hydrogen (secondary N) is 2. The minimum atomic E-state index is -3.39. The summed E-state index contributed by atoms with van der Waals surface area (Å²) in [5.41, 5.74) is 5.31. The Bertz CT molecular complexity index is 1910. The molecular formula is C45H80N6O9S. The van der Waals surface area contributed by atoms with Crippen molar-refractivity contribution in [2.75, 3.05) is 38.2 Å². The Kier molecular flexibility index (Phi) is 20.8. The normalized spacial score (nSPS) is 22.6. The van der Waals surface area contributed by atoms with Crippen LogP contribution in [-0.4, -0.2) is 97.9 Å². The van der Waals surface area contributed by atoms with Gasteiger partial charge in [-0.05, 0) is 89.8 Å². The number of primary amides is 1. The van der Waals surface area contributed by atoms with Crippen molar-refractivity contribution < 1.29 is 46.1 Å². The summed E-state index contributed by atoms with van der Waals surface area (Å²) in [4.78, 5) is 55.6. The second kappa shape index (κ2) is 24.1. The SMILES string of the molecule is CC.CC.CC(=O)NS(=O)(=O)C1(C)CC1.CC(C)(C)OC(N)=O.CC[C@H]1CC(=O)N2C[C@H](Oc3nccc4c5c(ccc34)N(C)CCO5)C[C@H]2C(=O)NC/C=C\CC[C@@H](C)C1.[HH].[HH].[HH]. The highest BCUT2D eigenvalue weighted by Crippen LogP contribution is 2.42. The molecule has 0 unspecified atom stereocenters. The lowest BCUT2D eigenvalue weighted by atomic mass is 9.88. The quantitative estimate of drug-likeness (QED) is 0.246. The first kappa shape index (κ1) is 52.5. The van der Waals surface area contributed by atoms with E-state index in [2.05, 4.69) is 46.9 Å². The second-order valence-corrected chi connectivity index (χ2v) is 18.9. The zero-order chi connectivity index (χ0) is 46.1. The van der Waals surface area contributed by atoms with Crippen molar-refractivity contribution >= 4 is 50.3 Å². The molecule has 4 heterocycles. The molecule has 2 aromatic rings. The Balaban J connectivity index is 0. The standard InChI is InChI=1S/C30H40N4O4.C6H11NO3S.C5H11NO2.2C2H6.3H2/c1-4-21-16-20(2)8-6-5-7-12-31-29(36)26-18-22(19-34(26)27(35)17-21)38-30-24-9-10-25-28(23(24)11-13-32-30)37-15-14-33(25)3;1-5(8)7-11(9,10)6(2)3-4-6;1-5(2,3)8-4(6)7;2*1-2;;;/h5,7,9-11,13,20-22,26H,4,6,8,12,14-19H2,1-3H3,(H,31,36);3-4H2,1-2H3,(H,7,8);1-3H3,(H2,6,7);2*1-2H3;3*1H/b7-5-;;;;;;;/t20-,21-,22-,26+;;;;;;;/m1......./s1. The average Bonchev–Trinajstić information content (AvgIpc) is 3.82. The average molecular weight is 881 g/mol. The highest BCUT2D eigenvalue weighted by molar-refractivity contribution is 7.91. The Morgan fingerprint density at radius 2 is 1.75 bits per heavy atom. The summed E-state index contributed by atoms with van der Waals surface area (Å²) in [7, 11) is -1.32. The maximum Gasteiger partial charge on any atom is 0.405 e. The molecule has 1 saturated heterocycles. The summed E-state index contributed by atoms with van der Waals surface area (Å²) in [5.74, 6) is 1.63.